The first kappa shape index (κ1) is 20.0. The van der Waals surface area contributed by atoms with Gasteiger partial charge in [-0.1, -0.05) is 59.8 Å². The summed E-state index contributed by atoms with van der Waals surface area (Å²) >= 11 is 0. The Hall–Kier alpha value is -1.36. The summed E-state index contributed by atoms with van der Waals surface area (Å²) in [6, 6.07) is 2.14. The van der Waals surface area contributed by atoms with Crippen molar-refractivity contribution in [3.8, 4) is 0 Å². The van der Waals surface area contributed by atoms with Crippen molar-refractivity contribution in [2.45, 2.75) is 71.6 Å². The van der Waals surface area contributed by atoms with Crippen LogP contribution in [0, 0.1) is 0 Å². The van der Waals surface area contributed by atoms with E-state index in [4.69, 9.17) is 14.7 Å². The van der Waals surface area contributed by atoms with E-state index in [0.717, 1.165) is 50.3 Å². The fourth-order valence-electron chi connectivity index (χ4n) is 2.96. The van der Waals surface area contributed by atoms with E-state index in [2.05, 4.69) is 44.0 Å². The van der Waals surface area contributed by atoms with Gasteiger partial charge in [0.2, 0.25) is 5.95 Å². The van der Waals surface area contributed by atoms with Crippen molar-refractivity contribution in [3.63, 3.8) is 0 Å². The minimum Gasteiger partial charge on any atom is -0.378 e. The van der Waals surface area contributed by atoms with Crippen molar-refractivity contribution >= 4 is 11.8 Å². The zero-order valence-electron chi connectivity index (χ0n) is 16.6. The maximum atomic E-state index is 5.47. The molecule has 0 spiro atoms. The molecule has 25 heavy (non-hydrogen) atoms. The molecule has 0 saturated carbocycles. The number of morpholine rings is 1. The van der Waals surface area contributed by atoms with Crippen LogP contribution < -0.4 is 10.2 Å². The van der Waals surface area contributed by atoms with Gasteiger partial charge in [0.05, 0.1) is 18.9 Å². The summed E-state index contributed by atoms with van der Waals surface area (Å²) in [6.07, 6.45) is 7.80. The Balaban J connectivity index is 1.96. The molecule has 1 aliphatic heterocycles. The van der Waals surface area contributed by atoms with Crippen LogP contribution in [0.5, 0.6) is 0 Å². The molecular weight excluding hydrogens is 312 g/mol. The Labute approximate surface area is 153 Å². The number of anilines is 2. The van der Waals surface area contributed by atoms with Gasteiger partial charge in [0.15, 0.2) is 0 Å². The van der Waals surface area contributed by atoms with Crippen molar-refractivity contribution in [1.29, 1.82) is 0 Å². The molecule has 0 bridgehead atoms. The molecule has 1 aromatic rings. The Morgan fingerprint density at radius 2 is 1.72 bits per heavy atom. The standard InChI is InChI=1S/C20H36N4O/c1-5-6-7-8-9-10-11-21-19-22-17(20(2,3)4)16-18(23-19)24-12-14-25-15-13-24/h16H,5-15H2,1-4H3,(H,21,22,23). The van der Waals surface area contributed by atoms with Gasteiger partial charge in [0.1, 0.15) is 5.82 Å². The zero-order chi connectivity index (χ0) is 18.1. The highest BCUT2D eigenvalue weighted by Crippen LogP contribution is 2.25. The predicted octanol–water partition coefficient (Wildman–Crippen LogP) is 4.38. The highest BCUT2D eigenvalue weighted by molar-refractivity contribution is 5.46. The van der Waals surface area contributed by atoms with Crippen molar-refractivity contribution in [1.82, 2.24) is 9.97 Å². The van der Waals surface area contributed by atoms with Crippen molar-refractivity contribution in [3.05, 3.63) is 11.8 Å². The van der Waals surface area contributed by atoms with Crippen molar-refractivity contribution in [2.75, 3.05) is 43.1 Å². The van der Waals surface area contributed by atoms with E-state index in [0.29, 0.717) is 0 Å². The van der Waals surface area contributed by atoms with Crippen LogP contribution in [0.4, 0.5) is 11.8 Å². The molecule has 2 heterocycles. The summed E-state index contributed by atoms with van der Waals surface area (Å²) in [7, 11) is 0. The molecule has 5 heteroatoms. The van der Waals surface area contributed by atoms with Crippen LogP contribution in [0.15, 0.2) is 6.07 Å². The Morgan fingerprint density at radius 3 is 2.40 bits per heavy atom. The second-order valence-electron chi connectivity index (χ2n) is 7.98. The lowest BCUT2D eigenvalue weighted by molar-refractivity contribution is 0.122. The van der Waals surface area contributed by atoms with Gasteiger partial charge in [-0.05, 0) is 6.42 Å². The van der Waals surface area contributed by atoms with Gasteiger partial charge in [0, 0.05) is 31.1 Å². The number of nitrogens with one attached hydrogen (secondary N) is 1. The summed E-state index contributed by atoms with van der Waals surface area (Å²) in [6.45, 7) is 13.2. The summed E-state index contributed by atoms with van der Waals surface area (Å²) < 4.78 is 5.47. The van der Waals surface area contributed by atoms with Crippen molar-refractivity contribution in [2.24, 2.45) is 0 Å². The molecule has 0 aliphatic carbocycles. The van der Waals surface area contributed by atoms with Gasteiger partial charge < -0.3 is 15.0 Å². The third kappa shape index (κ3) is 6.81. The Kier molecular flexibility index (Phi) is 7.94. The molecule has 1 saturated heterocycles. The average Bonchev–Trinajstić information content (AvgIpc) is 2.61. The third-order valence-corrected chi connectivity index (χ3v) is 4.63. The summed E-state index contributed by atoms with van der Waals surface area (Å²) in [5.41, 5.74) is 1.11. The summed E-state index contributed by atoms with van der Waals surface area (Å²) in [4.78, 5) is 11.8. The first-order valence-corrected chi connectivity index (χ1v) is 9.97. The fourth-order valence-corrected chi connectivity index (χ4v) is 2.96. The summed E-state index contributed by atoms with van der Waals surface area (Å²) in [5, 5.41) is 3.45. The fraction of sp³-hybridized carbons (Fsp3) is 0.800. The lowest BCUT2D eigenvalue weighted by Crippen LogP contribution is -2.37. The molecule has 2 rings (SSSR count). The molecule has 1 N–H and O–H groups in total. The first-order chi connectivity index (χ1) is 12.0. The van der Waals surface area contributed by atoms with Crippen LogP contribution in [-0.2, 0) is 10.2 Å². The minimum atomic E-state index is 0.0144. The molecule has 1 aliphatic rings. The SMILES string of the molecule is CCCCCCCCNc1nc(N2CCOCC2)cc(C(C)(C)C)n1. The molecule has 0 atom stereocenters. The van der Waals surface area contributed by atoms with Gasteiger partial charge in [0.25, 0.3) is 0 Å². The normalized spacial score (nSPS) is 15.4. The number of aromatic nitrogens is 2. The third-order valence-electron chi connectivity index (χ3n) is 4.63. The largest absolute Gasteiger partial charge is 0.378 e. The van der Waals surface area contributed by atoms with E-state index < -0.39 is 0 Å². The molecule has 1 aromatic heterocycles. The second kappa shape index (κ2) is 9.95. The van der Waals surface area contributed by atoms with Gasteiger partial charge >= 0.3 is 0 Å². The molecule has 0 aromatic carbocycles. The zero-order valence-corrected chi connectivity index (χ0v) is 16.6. The van der Waals surface area contributed by atoms with E-state index >= 15 is 0 Å². The number of unbranched alkanes of at least 4 members (excludes halogenated alkanes) is 5. The number of nitrogens with zero attached hydrogens (tertiary/aromatic N) is 3. The number of ether oxygens (including phenoxy) is 1. The second-order valence-corrected chi connectivity index (χ2v) is 7.98. The molecule has 0 radical (unpaired) electrons. The maximum absolute atomic E-state index is 5.47. The molecule has 5 nitrogen and oxygen atoms in total. The van der Waals surface area contributed by atoms with Crippen LogP contribution in [0.3, 0.4) is 0 Å². The van der Waals surface area contributed by atoms with Crippen LogP contribution in [0.25, 0.3) is 0 Å². The highest BCUT2D eigenvalue weighted by Gasteiger charge is 2.21. The van der Waals surface area contributed by atoms with Crippen LogP contribution >= 0.6 is 0 Å². The van der Waals surface area contributed by atoms with Crippen LogP contribution in [-0.4, -0.2) is 42.8 Å². The van der Waals surface area contributed by atoms with Crippen LogP contribution in [0.1, 0.15) is 71.9 Å². The number of hydrogen-bond acceptors (Lipinski definition) is 5. The molecule has 142 valence electrons. The van der Waals surface area contributed by atoms with Crippen molar-refractivity contribution < 1.29 is 4.74 Å². The maximum Gasteiger partial charge on any atom is 0.224 e. The monoisotopic (exact) mass is 348 g/mol. The van der Waals surface area contributed by atoms with Gasteiger partial charge in [-0.15, -0.1) is 0 Å². The van der Waals surface area contributed by atoms with Gasteiger partial charge in [-0.25, -0.2) is 4.98 Å². The lowest BCUT2D eigenvalue weighted by atomic mass is 9.92. The van der Waals surface area contributed by atoms with E-state index in [1.165, 1.54) is 38.5 Å². The number of hydrogen-bond donors (Lipinski definition) is 1. The average molecular weight is 349 g/mol. The van der Waals surface area contributed by atoms with E-state index in [-0.39, 0.29) is 5.41 Å². The van der Waals surface area contributed by atoms with E-state index in [1.807, 2.05) is 0 Å². The molecule has 0 amide bonds. The number of rotatable bonds is 9. The Bertz CT molecular complexity index is 507. The Morgan fingerprint density at radius 1 is 1.04 bits per heavy atom. The van der Waals surface area contributed by atoms with E-state index in [9.17, 15) is 0 Å². The smallest absolute Gasteiger partial charge is 0.224 e. The molecule has 0 unspecified atom stereocenters. The topological polar surface area (TPSA) is 50.3 Å². The van der Waals surface area contributed by atoms with Gasteiger partial charge in [-0.3, -0.25) is 0 Å². The minimum absolute atomic E-state index is 0.0144. The highest BCUT2D eigenvalue weighted by atomic mass is 16.5. The molecule has 1 fully saturated rings. The summed E-state index contributed by atoms with van der Waals surface area (Å²) in [5.74, 6) is 1.79. The predicted molar refractivity (Wildman–Crippen MR) is 106 cm³/mol. The quantitative estimate of drug-likeness (QED) is 0.671. The van der Waals surface area contributed by atoms with E-state index in [1.54, 1.807) is 0 Å². The first-order valence-electron chi connectivity index (χ1n) is 9.97. The van der Waals surface area contributed by atoms with Crippen LogP contribution in [0.2, 0.25) is 0 Å². The molecular formula is C20H36N4O. The lowest BCUT2D eigenvalue weighted by Gasteiger charge is -2.29. The van der Waals surface area contributed by atoms with Gasteiger partial charge in [-0.2, -0.15) is 4.98 Å².